The molecule has 0 aromatic carbocycles. The van der Waals surface area contributed by atoms with E-state index in [0.717, 1.165) is 11.8 Å². The topological polar surface area (TPSA) is 26.0 Å². The summed E-state index contributed by atoms with van der Waals surface area (Å²) in [7, 11) is 0. The summed E-state index contributed by atoms with van der Waals surface area (Å²) >= 11 is 0. The SMILES string of the molecule is N[C@H]1CCC[C@@H]2C[C@@H]21. The van der Waals surface area contributed by atoms with E-state index in [9.17, 15) is 0 Å². The molecule has 0 unspecified atom stereocenters. The Labute approximate surface area is 50.3 Å². The van der Waals surface area contributed by atoms with Crippen molar-refractivity contribution in [2.24, 2.45) is 17.6 Å². The predicted molar refractivity (Wildman–Crippen MR) is 33.4 cm³/mol. The van der Waals surface area contributed by atoms with Gasteiger partial charge >= 0.3 is 0 Å². The van der Waals surface area contributed by atoms with E-state index in [0.29, 0.717) is 6.04 Å². The molecule has 0 bridgehead atoms. The maximum Gasteiger partial charge on any atom is 0.00699 e. The zero-order chi connectivity index (χ0) is 5.56. The van der Waals surface area contributed by atoms with Gasteiger partial charge in [0.25, 0.3) is 0 Å². The minimum atomic E-state index is 0.578. The first-order valence-corrected chi connectivity index (χ1v) is 3.63. The van der Waals surface area contributed by atoms with Crippen LogP contribution in [0.4, 0.5) is 0 Å². The van der Waals surface area contributed by atoms with E-state index in [1.165, 1.54) is 25.7 Å². The molecule has 2 aliphatic carbocycles. The van der Waals surface area contributed by atoms with Gasteiger partial charge in [0, 0.05) is 6.04 Å². The number of nitrogens with two attached hydrogens (primary N) is 1. The van der Waals surface area contributed by atoms with Gasteiger partial charge in [-0.1, -0.05) is 12.8 Å². The standard InChI is InChI=1S/C7H13N/c8-7-3-1-2-5-4-6(5)7/h5-7H,1-4,8H2/t5-,6+,7+/m1/s1. The molecule has 0 saturated heterocycles. The zero-order valence-corrected chi connectivity index (χ0v) is 5.14. The van der Waals surface area contributed by atoms with Gasteiger partial charge in [-0.2, -0.15) is 0 Å². The molecule has 8 heavy (non-hydrogen) atoms. The van der Waals surface area contributed by atoms with Crippen molar-refractivity contribution >= 4 is 0 Å². The van der Waals surface area contributed by atoms with Crippen LogP contribution in [0.5, 0.6) is 0 Å². The van der Waals surface area contributed by atoms with Crippen molar-refractivity contribution in [2.45, 2.75) is 31.7 Å². The van der Waals surface area contributed by atoms with Crippen LogP contribution in [0.1, 0.15) is 25.7 Å². The van der Waals surface area contributed by atoms with Crippen LogP contribution in [0.25, 0.3) is 0 Å². The highest BCUT2D eigenvalue weighted by Crippen LogP contribution is 2.48. The fourth-order valence-corrected chi connectivity index (χ4v) is 1.96. The summed E-state index contributed by atoms with van der Waals surface area (Å²) in [5, 5.41) is 0. The van der Waals surface area contributed by atoms with Crippen molar-refractivity contribution in [3.63, 3.8) is 0 Å². The molecule has 3 atom stereocenters. The lowest BCUT2D eigenvalue weighted by atomic mass is 9.96. The minimum Gasteiger partial charge on any atom is -0.327 e. The monoisotopic (exact) mass is 111 g/mol. The van der Waals surface area contributed by atoms with Gasteiger partial charge in [-0.05, 0) is 24.7 Å². The lowest BCUT2D eigenvalue weighted by Gasteiger charge is -2.15. The molecule has 0 heterocycles. The maximum atomic E-state index is 5.82. The van der Waals surface area contributed by atoms with E-state index >= 15 is 0 Å². The van der Waals surface area contributed by atoms with Gasteiger partial charge in [0.15, 0.2) is 0 Å². The highest BCUT2D eigenvalue weighted by molar-refractivity contribution is 4.96. The molecule has 46 valence electrons. The predicted octanol–water partition coefficient (Wildman–Crippen LogP) is 1.13. The third-order valence-electron chi connectivity index (χ3n) is 2.64. The van der Waals surface area contributed by atoms with Crippen LogP contribution < -0.4 is 5.73 Å². The molecule has 2 rings (SSSR count). The van der Waals surface area contributed by atoms with Crippen LogP contribution >= 0.6 is 0 Å². The Morgan fingerprint density at radius 3 is 2.75 bits per heavy atom. The third-order valence-corrected chi connectivity index (χ3v) is 2.64. The minimum absolute atomic E-state index is 0.578. The van der Waals surface area contributed by atoms with Crippen molar-refractivity contribution in [1.29, 1.82) is 0 Å². The van der Waals surface area contributed by atoms with E-state index in [2.05, 4.69) is 0 Å². The number of fused-ring (bicyclic) bond motifs is 1. The molecule has 2 N–H and O–H groups in total. The van der Waals surface area contributed by atoms with E-state index < -0.39 is 0 Å². The maximum absolute atomic E-state index is 5.82. The molecule has 0 spiro atoms. The molecular weight excluding hydrogens is 98.1 g/mol. The second-order valence-corrected chi connectivity index (χ2v) is 3.25. The molecule has 2 fully saturated rings. The fraction of sp³-hybridized carbons (Fsp3) is 1.00. The highest BCUT2D eigenvalue weighted by atomic mass is 14.7. The summed E-state index contributed by atoms with van der Waals surface area (Å²) in [6.07, 6.45) is 5.60. The van der Waals surface area contributed by atoms with Gasteiger partial charge in [0.05, 0.1) is 0 Å². The Morgan fingerprint density at radius 2 is 2.12 bits per heavy atom. The summed E-state index contributed by atoms with van der Waals surface area (Å²) in [5.41, 5.74) is 5.82. The van der Waals surface area contributed by atoms with Crippen molar-refractivity contribution in [3.05, 3.63) is 0 Å². The van der Waals surface area contributed by atoms with E-state index in [1.54, 1.807) is 0 Å². The lowest BCUT2D eigenvalue weighted by molar-refractivity contribution is 0.419. The highest BCUT2D eigenvalue weighted by Gasteiger charge is 2.43. The van der Waals surface area contributed by atoms with Crippen molar-refractivity contribution < 1.29 is 0 Å². The van der Waals surface area contributed by atoms with Crippen LogP contribution in [-0.2, 0) is 0 Å². The van der Waals surface area contributed by atoms with Crippen LogP contribution in [-0.4, -0.2) is 6.04 Å². The Hall–Kier alpha value is -0.0400. The van der Waals surface area contributed by atoms with E-state index in [-0.39, 0.29) is 0 Å². The largest absolute Gasteiger partial charge is 0.327 e. The number of rotatable bonds is 0. The van der Waals surface area contributed by atoms with Crippen LogP contribution in [0, 0.1) is 11.8 Å². The van der Waals surface area contributed by atoms with Crippen LogP contribution in [0.15, 0.2) is 0 Å². The third kappa shape index (κ3) is 0.576. The first kappa shape index (κ1) is 4.80. The molecule has 1 heteroatoms. The quantitative estimate of drug-likeness (QED) is 0.498. The smallest absolute Gasteiger partial charge is 0.00699 e. The molecule has 2 saturated carbocycles. The van der Waals surface area contributed by atoms with Gasteiger partial charge in [-0.15, -0.1) is 0 Å². The second-order valence-electron chi connectivity index (χ2n) is 3.25. The van der Waals surface area contributed by atoms with E-state index in [4.69, 9.17) is 5.73 Å². The van der Waals surface area contributed by atoms with Gasteiger partial charge < -0.3 is 5.73 Å². The van der Waals surface area contributed by atoms with Crippen molar-refractivity contribution in [2.75, 3.05) is 0 Å². The number of hydrogen-bond acceptors (Lipinski definition) is 1. The number of hydrogen-bond donors (Lipinski definition) is 1. The van der Waals surface area contributed by atoms with E-state index in [1.807, 2.05) is 0 Å². The summed E-state index contributed by atoms with van der Waals surface area (Å²) in [4.78, 5) is 0. The summed E-state index contributed by atoms with van der Waals surface area (Å²) in [6, 6.07) is 0.578. The van der Waals surface area contributed by atoms with Gasteiger partial charge in [-0.3, -0.25) is 0 Å². The average molecular weight is 111 g/mol. The van der Waals surface area contributed by atoms with Crippen molar-refractivity contribution in [3.8, 4) is 0 Å². The van der Waals surface area contributed by atoms with Gasteiger partial charge in [0.1, 0.15) is 0 Å². The van der Waals surface area contributed by atoms with Gasteiger partial charge in [0.2, 0.25) is 0 Å². The zero-order valence-electron chi connectivity index (χ0n) is 5.14. The fourth-order valence-electron chi connectivity index (χ4n) is 1.96. The molecule has 2 aliphatic rings. The molecular formula is C7H13N. The lowest BCUT2D eigenvalue weighted by Crippen LogP contribution is -2.25. The molecule has 0 aliphatic heterocycles. The Balaban J connectivity index is 1.99. The Bertz CT molecular complexity index is 101. The summed E-state index contributed by atoms with van der Waals surface area (Å²) in [5.74, 6) is 2.00. The normalized spacial score (nSPS) is 52.9. The molecule has 1 nitrogen and oxygen atoms in total. The van der Waals surface area contributed by atoms with Crippen molar-refractivity contribution in [1.82, 2.24) is 0 Å². The molecule has 0 amide bonds. The molecule has 0 aromatic heterocycles. The first-order valence-electron chi connectivity index (χ1n) is 3.63. The van der Waals surface area contributed by atoms with Crippen LogP contribution in [0.3, 0.4) is 0 Å². The summed E-state index contributed by atoms with van der Waals surface area (Å²) < 4.78 is 0. The molecule has 0 aromatic rings. The molecule has 0 radical (unpaired) electrons. The van der Waals surface area contributed by atoms with Crippen LogP contribution in [0.2, 0.25) is 0 Å². The Morgan fingerprint density at radius 1 is 1.25 bits per heavy atom. The van der Waals surface area contributed by atoms with Gasteiger partial charge in [-0.25, -0.2) is 0 Å². The summed E-state index contributed by atoms with van der Waals surface area (Å²) in [6.45, 7) is 0. The average Bonchev–Trinajstić information content (AvgIpc) is 2.45. The first-order chi connectivity index (χ1) is 3.88. The Kier molecular flexibility index (Phi) is 0.884. The second kappa shape index (κ2) is 1.47.